The minimum atomic E-state index is 0.577. The van der Waals surface area contributed by atoms with Gasteiger partial charge in [0.1, 0.15) is 0 Å². The maximum Gasteiger partial charge on any atom is 0.0414 e. The third-order valence-electron chi connectivity index (χ3n) is 3.99. The van der Waals surface area contributed by atoms with E-state index in [1.165, 1.54) is 43.4 Å². The Morgan fingerprint density at radius 2 is 2.24 bits per heavy atom. The molecular formula is C15H25NS. The number of nitrogens with one attached hydrogen (secondary N) is 1. The van der Waals surface area contributed by atoms with Crippen molar-refractivity contribution in [3.63, 3.8) is 0 Å². The second kappa shape index (κ2) is 6.55. The van der Waals surface area contributed by atoms with Gasteiger partial charge in [-0.05, 0) is 43.0 Å². The molecule has 1 aliphatic rings. The number of hydrogen-bond acceptors (Lipinski definition) is 2. The zero-order valence-corrected chi connectivity index (χ0v) is 11.9. The molecule has 1 heterocycles. The SMILES string of the molecule is CCC(NC1CCCC(C)CC1)c1cccs1. The van der Waals surface area contributed by atoms with Crippen LogP contribution >= 0.6 is 11.3 Å². The molecule has 0 saturated heterocycles. The van der Waals surface area contributed by atoms with Gasteiger partial charge in [0.05, 0.1) is 0 Å². The Kier molecular flexibility index (Phi) is 5.05. The van der Waals surface area contributed by atoms with Gasteiger partial charge in [-0.25, -0.2) is 0 Å². The Labute approximate surface area is 110 Å². The maximum atomic E-state index is 3.88. The topological polar surface area (TPSA) is 12.0 Å². The van der Waals surface area contributed by atoms with Crippen molar-refractivity contribution in [3.05, 3.63) is 22.4 Å². The Balaban J connectivity index is 1.90. The quantitative estimate of drug-likeness (QED) is 0.761. The minimum absolute atomic E-state index is 0.577. The first-order chi connectivity index (χ1) is 8.29. The highest BCUT2D eigenvalue weighted by atomic mass is 32.1. The van der Waals surface area contributed by atoms with Crippen molar-refractivity contribution < 1.29 is 0 Å². The predicted octanol–water partition coefficient (Wildman–Crippen LogP) is 4.76. The zero-order valence-electron chi connectivity index (χ0n) is 11.1. The monoisotopic (exact) mass is 251 g/mol. The summed E-state index contributed by atoms with van der Waals surface area (Å²) in [5.74, 6) is 0.934. The van der Waals surface area contributed by atoms with Crippen LogP contribution in [0.1, 0.15) is 63.3 Å². The Morgan fingerprint density at radius 1 is 1.35 bits per heavy atom. The zero-order chi connectivity index (χ0) is 12.1. The fourth-order valence-corrected chi connectivity index (χ4v) is 3.70. The van der Waals surface area contributed by atoms with E-state index >= 15 is 0 Å². The molecule has 3 atom stereocenters. The molecule has 1 fully saturated rings. The van der Waals surface area contributed by atoms with Crippen molar-refractivity contribution >= 4 is 11.3 Å². The van der Waals surface area contributed by atoms with E-state index in [1.54, 1.807) is 0 Å². The Bertz CT molecular complexity index is 307. The number of hydrogen-bond donors (Lipinski definition) is 1. The van der Waals surface area contributed by atoms with E-state index in [1.807, 2.05) is 11.3 Å². The van der Waals surface area contributed by atoms with Gasteiger partial charge in [-0.1, -0.05) is 32.8 Å². The lowest BCUT2D eigenvalue weighted by atomic mass is 10.0. The average Bonchev–Trinajstić information content (AvgIpc) is 2.78. The first-order valence-corrected chi connectivity index (χ1v) is 7.97. The van der Waals surface area contributed by atoms with E-state index in [4.69, 9.17) is 0 Å². The molecule has 96 valence electrons. The van der Waals surface area contributed by atoms with E-state index in [0.29, 0.717) is 6.04 Å². The standard InChI is InChI=1S/C15H25NS/c1-3-14(15-8-5-11-17-15)16-13-7-4-6-12(2)9-10-13/h5,8,11-14,16H,3-4,6-7,9-10H2,1-2H3. The van der Waals surface area contributed by atoms with Crippen molar-refractivity contribution in [2.75, 3.05) is 0 Å². The van der Waals surface area contributed by atoms with Gasteiger partial charge in [0.25, 0.3) is 0 Å². The summed E-state index contributed by atoms with van der Waals surface area (Å²) < 4.78 is 0. The molecule has 1 nitrogen and oxygen atoms in total. The van der Waals surface area contributed by atoms with Crippen LogP contribution in [0.4, 0.5) is 0 Å². The van der Waals surface area contributed by atoms with Crippen molar-refractivity contribution in [2.24, 2.45) is 5.92 Å². The largest absolute Gasteiger partial charge is 0.306 e. The van der Waals surface area contributed by atoms with Crippen molar-refractivity contribution in [3.8, 4) is 0 Å². The van der Waals surface area contributed by atoms with Gasteiger partial charge in [0, 0.05) is 17.0 Å². The number of rotatable bonds is 4. The van der Waals surface area contributed by atoms with Crippen LogP contribution in [0.25, 0.3) is 0 Å². The number of thiophene rings is 1. The molecule has 1 saturated carbocycles. The van der Waals surface area contributed by atoms with Gasteiger partial charge in [-0.15, -0.1) is 11.3 Å². The second-order valence-electron chi connectivity index (χ2n) is 5.45. The molecule has 1 aromatic rings. The summed E-state index contributed by atoms with van der Waals surface area (Å²) in [7, 11) is 0. The van der Waals surface area contributed by atoms with Crippen LogP contribution in [-0.2, 0) is 0 Å². The first kappa shape index (κ1) is 13.1. The molecular weight excluding hydrogens is 226 g/mol. The lowest BCUT2D eigenvalue weighted by Gasteiger charge is -2.23. The van der Waals surface area contributed by atoms with Crippen LogP contribution in [0, 0.1) is 5.92 Å². The summed E-state index contributed by atoms with van der Waals surface area (Å²) in [5, 5.41) is 6.07. The minimum Gasteiger partial charge on any atom is -0.306 e. The van der Waals surface area contributed by atoms with E-state index < -0.39 is 0 Å². The molecule has 0 amide bonds. The van der Waals surface area contributed by atoms with Crippen LogP contribution < -0.4 is 5.32 Å². The Morgan fingerprint density at radius 3 is 2.94 bits per heavy atom. The second-order valence-corrected chi connectivity index (χ2v) is 6.43. The van der Waals surface area contributed by atoms with Crippen LogP contribution in [0.3, 0.4) is 0 Å². The molecule has 2 rings (SSSR count). The third-order valence-corrected chi connectivity index (χ3v) is 4.98. The summed E-state index contributed by atoms with van der Waals surface area (Å²) in [6.45, 7) is 4.69. The molecule has 1 N–H and O–H groups in total. The summed E-state index contributed by atoms with van der Waals surface area (Å²) in [6.07, 6.45) is 8.16. The van der Waals surface area contributed by atoms with Crippen molar-refractivity contribution in [1.82, 2.24) is 5.32 Å². The molecule has 1 aromatic heterocycles. The lowest BCUT2D eigenvalue weighted by Crippen LogP contribution is -2.31. The summed E-state index contributed by atoms with van der Waals surface area (Å²) in [4.78, 5) is 1.50. The molecule has 17 heavy (non-hydrogen) atoms. The van der Waals surface area contributed by atoms with Gasteiger partial charge in [-0.3, -0.25) is 0 Å². The van der Waals surface area contributed by atoms with Crippen LogP contribution in [0.15, 0.2) is 17.5 Å². The van der Waals surface area contributed by atoms with Gasteiger partial charge < -0.3 is 5.32 Å². The van der Waals surface area contributed by atoms with Crippen molar-refractivity contribution in [1.29, 1.82) is 0 Å². The molecule has 1 aliphatic carbocycles. The Hall–Kier alpha value is -0.340. The molecule has 3 unspecified atom stereocenters. The highest BCUT2D eigenvalue weighted by molar-refractivity contribution is 7.10. The molecule has 0 radical (unpaired) electrons. The highest BCUT2D eigenvalue weighted by Crippen LogP contribution is 2.27. The van der Waals surface area contributed by atoms with Gasteiger partial charge >= 0.3 is 0 Å². The normalized spacial score (nSPS) is 27.6. The average molecular weight is 251 g/mol. The van der Waals surface area contributed by atoms with Gasteiger partial charge in [-0.2, -0.15) is 0 Å². The van der Waals surface area contributed by atoms with E-state index in [-0.39, 0.29) is 0 Å². The van der Waals surface area contributed by atoms with Gasteiger partial charge in [0.2, 0.25) is 0 Å². The van der Waals surface area contributed by atoms with E-state index in [9.17, 15) is 0 Å². The van der Waals surface area contributed by atoms with Gasteiger partial charge in [0.15, 0.2) is 0 Å². The van der Waals surface area contributed by atoms with Crippen LogP contribution in [0.2, 0.25) is 0 Å². The molecule has 0 aliphatic heterocycles. The molecule has 0 spiro atoms. The van der Waals surface area contributed by atoms with Crippen LogP contribution in [0.5, 0.6) is 0 Å². The highest BCUT2D eigenvalue weighted by Gasteiger charge is 2.19. The predicted molar refractivity (Wildman–Crippen MR) is 76.5 cm³/mol. The summed E-state index contributed by atoms with van der Waals surface area (Å²) in [6, 6.07) is 5.76. The first-order valence-electron chi connectivity index (χ1n) is 7.09. The fraction of sp³-hybridized carbons (Fsp3) is 0.733. The molecule has 2 heteroatoms. The maximum absolute atomic E-state index is 3.88. The van der Waals surface area contributed by atoms with E-state index in [0.717, 1.165) is 12.0 Å². The molecule has 0 aromatic carbocycles. The summed E-state index contributed by atoms with van der Waals surface area (Å²) >= 11 is 1.89. The lowest BCUT2D eigenvalue weighted by molar-refractivity contribution is 0.390. The van der Waals surface area contributed by atoms with Crippen molar-refractivity contribution in [2.45, 2.75) is 64.5 Å². The molecule has 0 bridgehead atoms. The summed E-state index contributed by atoms with van der Waals surface area (Å²) in [5.41, 5.74) is 0. The van der Waals surface area contributed by atoms with E-state index in [2.05, 4.69) is 36.7 Å². The third kappa shape index (κ3) is 3.82. The van der Waals surface area contributed by atoms with Crippen LogP contribution in [-0.4, -0.2) is 6.04 Å². The fourth-order valence-electron chi connectivity index (χ4n) is 2.83. The smallest absolute Gasteiger partial charge is 0.0414 e.